The lowest BCUT2D eigenvalue weighted by molar-refractivity contribution is 0.0687. The molecule has 2 aromatic rings. The van der Waals surface area contributed by atoms with Gasteiger partial charge in [0.05, 0.1) is 0 Å². The fourth-order valence-electron chi connectivity index (χ4n) is 1.33. The molecule has 6 nitrogen and oxygen atoms in total. The molecule has 0 radical (unpaired) electrons. The van der Waals surface area contributed by atoms with Gasteiger partial charge in [0.2, 0.25) is 0 Å². The third kappa shape index (κ3) is 1.54. The zero-order valence-electron chi connectivity index (χ0n) is 8.43. The quantitative estimate of drug-likeness (QED) is 0.782. The molecule has 2 heterocycles. The van der Waals surface area contributed by atoms with E-state index in [0.717, 1.165) is 0 Å². The SMILES string of the molecule is CCc1nc2nc(C)cc(C(=O)O)n2n1. The Labute approximate surface area is 85.6 Å². The number of rotatable bonds is 2. The first kappa shape index (κ1) is 9.57. The van der Waals surface area contributed by atoms with Gasteiger partial charge >= 0.3 is 5.97 Å². The summed E-state index contributed by atoms with van der Waals surface area (Å²) in [6.07, 6.45) is 0.654. The number of aryl methyl sites for hydroxylation is 2. The predicted molar refractivity (Wildman–Crippen MR) is 51.9 cm³/mol. The Balaban J connectivity index is 2.77. The van der Waals surface area contributed by atoms with Gasteiger partial charge in [0, 0.05) is 12.1 Å². The first-order valence-electron chi connectivity index (χ1n) is 4.58. The van der Waals surface area contributed by atoms with Gasteiger partial charge in [0.15, 0.2) is 11.5 Å². The summed E-state index contributed by atoms with van der Waals surface area (Å²) in [5.41, 5.74) is 0.708. The van der Waals surface area contributed by atoms with E-state index in [1.807, 2.05) is 6.92 Å². The summed E-state index contributed by atoms with van der Waals surface area (Å²) in [6, 6.07) is 1.48. The molecular formula is C9H10N4O2. The van der Waals surface area contributed by atoms with Crippen molar-refractivity contribution < 1.29 is 9.90 Å². The lowest BCUT2D eigenvalue weighted by Gasteiger charge is -1.98. The van der Waals surface area contributed by atoms with Crippen LogP contribution in [0.4, 0.5) is 0 Å². The molecule has 2 aromatic heterocycles. The monoisotopic (exact) mass is 206 g/mol. The molecule has 1 N–H and O–H groups in total. The number of hydrogen-bond acceptors (Lipinski definition) is 4. The lowest BCUT2D eigenvalue weighted by atomic mass is 10.3. The number of fused-ring (bicyclic) bond motifs is 1. The highest BCUT2D eigenvalue weighted by Gasteiger charge is 2.13. The Morgan fingerprint density at radius 2 is 2.27 bits per heavy atom. The van der Waals surface area contributed by atoms with Crippen molar-refractivity contribution >= 4 is 11.7 Å². The van der Waals surface area contributed by atoms with Crippen LogP contribution in [0.1, 0.15) is 28.9 Å². The van der Waals surface area contributed by atoms with Gasteiger partial charge in [-0.05, 0) is 13.0 Å². The normalized spacial score (nSPS) is 10.8. The zero-order chi connectivity index (χ0) is 11.0. The van der Waals surface area contributed by atoms with Crippen LogP contribution >= 0.6 is 0 Å². The van der Waals surface area contributed by atoms with Crippen molar-refractivity contribution in [3.8, 4) is 0 Å². The van der Waals surface area contributed by atoms with Gasteiger partial charge in [0.1, 0.15) is 0 Å². The van der Waals surface area contributed by atoms with Crippen LogP contribution in [0.3, 0.4) is 0 Å². The minimum absolute atomic E-state index is 0.0877. The highest BCUT2D eigenvalue weighted by molar-refractivity contribution is 5.86. The Hall–Kier alpha value is -1.98. The maximum Gasteiger partial charge on any atom is 0.354 e. The summed E-state index contributed by atoms with van der Waals surface area (Å²) in [7, 11) is 0. The number of carbonyl (C=O) groups is 1. The van der Waals surface area contributed by atoms with E-state index in [2.05, 4.69) is 15.1 Å². The van der Waals surface area contributed by atoms with Gasteiger partial charge < -0.3 is 5.11 Å². The zero-order valence-corrected chi connectivity index (χ0v) is 8.43. The molecule has 0 aliphatic heterocycles. The van der Waals surface area contributed by atoms with E-state index in [1.165, 1.54) is 10.6 Å². The van der Waals surface area contributed by atoms with Crippen molar-refractivity contribution in [1.82, 2.24) is 19.6 Å². The van der Waals surface area contributed by atoms with E-state index in [4.69, 9.17) is 5.11 Å². The average Bonchev–Trinajstić information content (AvgIpc) is 2.58. The van der Waals surface area contributed by atoms with Crippen LogP contribution in [-0.4, -0.2) is 30.7 Å². The second-order valence-electron chi connectivity index (χ2n) is 3.18. The third-order valence-corrected chi connectivity index (χ3v) is 2.02. The second-order valence-corrected chi connectivity index (χ2v) is 3.18. The van der Waals surface area contributed by atoms with E-state index >= 15 is 0 Å². The van der Waals surface area contributed by atoms with Crippen molar-refractivity contribution in [2.45, 2.75) is 20.3 Å². The van der Waals surface area contributed by atoms with Gasteiger partial charge in [-0.2, -0.15) is 9.50 Å². The van der Waals surface area contributed by atoms with Crippen molar-refractivity contribution in [3.05, 3.63) is 23.3 Å². The van der Waals surface area contributed by atoms with E-state index in [0.29, 0.717) is 23.7 Å². The molecule has 0 aromatic carbocycles. The molecule has 0 spiro atoms. The first-order chi connectivity index (χ1) is 7.11. The van der Waals surface area contributed by atoms with E-state index < -0.39 is 5.97 Å². The van der Waals surface area contributed by atoms with E-state index in [1.54, 1.807) is 6.92 Å². The predicted octanol–water partition coefficient (Wildman–Crippen LogP) is 0.693. The number of carboxylic acid groups (broad SMARTS) is 1. The molecule has 0 amide bonds. The van der Waals surface area contributed by atoms with Gasteiger partial charge in [-0.3, -0.25) is 0 Å². The molecule has 0 aliphatic rings. The molecule has 0 bridgehead atoms. The number of nitrogens with zero attached hydrogens (tertiary/aromatic N) is 4. The Bertz CT molecular complexity index is 532. The second kappa shape index (κ2) is 3.30. The Morgan fingerprint density at radius 3 is 2.87 bits per heavy atom. The van der Waals surface area contributed by atoms with Crippen LogP contribution in [-0.2, 0) is 6.42 Å². The molecule has 0 atom stereocenters. The maximum absolute atomic E-state index is 10.9. The molecule has 6 heteroatoms. The Morgan fingerprint density at radius 1 is 1.53 bits per heavy atom. The Kier molecular flexibility index (Phi) is 2.11. The summed E-state index contributed by atoms with van der Waals surface area (Å²) in [6.45, 7) is 3.63. The van der Waals surface area contributed by atoms with Crippen LogP contribution in [0.25, 0.3) is 5.78 Å². The molecule has 0 unspecified atom stereocenters. The molecule has 2 rings (SSSR count). The summed E-state index contributed by atoms with van der Waals surface area (Å²) in [4.78, 5) is 19.2. The molecule has 0 aliphatic carbocycles. The molecule has 15 heavy (non-hydrogen) atoms. The highest BCUT2D eigenvalue weighted by atomic mass is 16.4. The van der Waals surface area contributed by atoms with Crippen molar-refractivity contribution in [3.63, 3.8) is 0 Å². The highest BCUT2D eigenvalue weighted by Crippen LogP contribution is 2.06. The molecular weight excluding hydrogens is 196 g/mol. The fraction of sp³-hybridized carbons (Fsp3) is 0.333. The average molecular weight is 206 g/mol. The topological polar surface area (TPSA) is 80.4 Å². The largest absolute Gasteiger partial charge is 0.477 e. The maximum atomic E-state index is 10.9. The molecule has 0 saturated carbocycles. The summed E-state index contributed by atoms with van der Waals surface area (Å²) in [5, 5.41) is 13.0. The number of aromatic nitrogens is 4. The van der Waals surface area contributed by atoms with Gasteiger partial charge in [-0.1, -0.05) is 6.92 Å². The van der Waals surface area contributed by atoms with E-state index in [9.17, 15) is 4.79 Å². The lowest BCUT2D eigenvalue weighted by Crippen LogP contribution is -2.08. The summed E-state index contributed by atoms with van der Waals surface area (Å²) in [5.74, 6) is -0.0992. The van der Waals surface area contributed by atoms with Gasteiger partial charge in [0.25, 0.3) is 5.78 Å². The van der Waals surface area contributed by atoms with E-state index in [-0.39, 0.29) is 5.69 Å². The minimum Gasteiger partial charge on any atom is -0.477 e. The van der Waals surface area contributed by atoms with Crippen molar-refractivity contribution in [1.29, 1.82) is 0 Å². The number of hydrogen-bond donors (Lipinski definition) is 1. The number of aromatic carboxylic acids is 1. The first-order valence-corrected chi connectivity index (χ1v) is 4.58. The number of carboxylic acids is 1. The summed E-state index contributed by atoms with van der Waals surface area (Å²) >= 11 is 0. The smallest absolute Gasteiger partial charge is 0.354 e. The summed E-state index contributed by atoms with van der Waals surface area (Å²) < 4.78 is 1.26. The fourth-order valence-corrected chi connectivity index (χ4v) is 1.33. The minimum atomic E-state index is -1.03. The van der Waals surface area contributed by atoms with Crippen LogP contribution in [0.15, 0.2) is 6.07 Å². The van der Waals surface area contributed by atoms with Crippen molar-refractivity contribution in [2.75, 3.05) is 0 Å². The van der Waals surface area contributed by atoms with Crippen LogP contribution in [0.5, 0.6) is 0 Å². The van der Waals surface area contributed by atoms with Crippen LogP contribution < -0.4 is 0 Å². The van der Waals surface area contributed by atoms with Crippen LogP contribution in [0, 0.1) is 6.92 Å². The molecule has 0 fully saturated rings. The molecule has 0 saturated heterocycles. The molecule has 78 valence electrons. The van der Waals surface area contributed by atoms with Crippen molar-refractivity contribution in [2.24, 2.45) is 0 Å². The van der Waals surface area contributed by atoms with Crippen LogP contribution in [0.2, 0.25) is 0 Å². The van der Waals surface area contributed by atoms with Gasteiger partial charge in [-0.25, -0.2) is 9.78 Å². The standard InChI is InChI=1S/C9H10N4O2/c1-3-7-11-9-10-5(2)4-6(8(14)15)13(9)12-7/h4H,3H2,1-2H3,(H,14,15). The van der Waals surface area contributed by atoms with Gasteiger partial charge in [-0.15, -0.1) is 5.10 Å². The third-order valence-electron chi connectivity index (χ3n) is 2.02.